The van der Waals surface area contributed by atoms with E-state index in [1.165, 1.54) is 5.57 Å². The summed E-state index contributed by atoms with van der Waals surface area (Å²) in [5.74, 6) is 1.16. The van der Waals surface area contributed by atoms with Gasteiger partial charge in [-0.25, -0.2) is 4.98 Å². The molecule has 0 unspecified atom stereocenters. The number of nitrogens with one attached hydrogen (secondary N) is 1. The summed E-state index contributed by atoms with van der Waals surface area (Å²) >= 11 is 0. The maximum Gasteiger partial charge on any atom is 0.108 e. The van der Waals surface area contributed by atoms with Gasteiger partial charge in [-0.3, -0.25) is 0 Å². The highest BCUT2D eigenvalue weighted by Gasteiger charge is 2.06. The molecule has 0 bridgehead atoms. The van der Waals surface area contributed by atoms with Gasteiger partial charge < -0.3 is 9.88 Å². The third kappa shape index (κ3) is 6.01. The summed E-state index contributed by atoms with van der Waals surface area (Å²) in [5.41, 5.74) is 1.67. The third-order valence-corrected chi connectivity index (χ3v) is 2.96. The molecule has 0 aliphatic heterocycles. The van der Waals surface area contributed by atoms with Crippen LogP contribution in [-0.2, 0) is 13.5 Å². The Morgan fingerprint density at radius 3 is 2.72 bits per heavy atom. The Bertz CT molecular complexity index is 383. The van der Waals surface area contributed by atoms with Gasteiger partial charge in [0.2, 0.25) is 0 Å². The monoisotopic (exact) mass is 249 g/mol. The van der Waals surface area contributed by atoms with Crippen molar-refractivity contribution in [3.05, 3.63) is 29.9 Å². The van der Waals surface area contributed by atoms with Crippen LogP contribution in [0.2, 0.25) is 0 Å². The average molecular weight is 249 g/mol. The number of imidazole rings is 1. The number of hydrogen-bond donors (Lipinski definition) is 1. The zero-order chi connectivity index (χ0) is 13.6. The highest BCUT2D eigenvalue weighted by Crippen LogP contribution is 2.07. The normalized spacial score (nSPS) is 13.1. The second-order valence-corrected chi connectivity index (χ2v) is 5.97. The summed E-state index contributed by atoms with van der Waals surface area (Å²) in [6.07, 6.45) is 9.42. The van der Waals surface area contributed by atoms with Crippen LogP contribution >= 0.6 is 0 Å². The summed E-state index contributed by atoms with van der Waals surface area (Å²) in [6.45, 7) is 9.85. The first-order valence-electron chi connectivity index (χ1n) is 6.75. The lowest BCUT2D eigenvalue weighted by atomic mass is 10.1. The van der Waals surface area contributed by atoms with Gasteiger partial charge in [0.15, 0.2) is 0 Å². The molecule has 0 spiro atoms. The lowest BCUT2D eigenvalue weighted by molar-refractivity contribution is 0.431. The Morgan fingerprint density at radius 1 is 1.44 bits per heavy atom. The van der Waals surface area contributed by atoms with Crippen molar-refractivity contribution in [3.63, 3.8) is 0 Å². The molecule has 3 heteroatoms. The molecule has 18 heavy (non-hydrogen) atoms. The lowest BCUT2D eigenvalue weighted by Crippen LogP contribution is -2.36. The number of aryl methyl sites for hydroxylation is 2. The van der Waals surface area contributed by atoms with Gasteiger partial charge in [-0.1, -0.05) is 11.6 Å². The molecule has 0 saturated heterocycles. The lowest BCUT2D eigenvalue weighted by Gasteiger charge is -2.19. The molecule has 1 heterocycles. The molecule has 0 saturated carbocycles. The van der Waals surface area contributed by atoms with E-state index in [4.69, 9.17) is 0 Å². The number of rotatable bonds is 6. The molecule has 102 valence electrons. The Morgan fingerprint density at radius 2 is 2.17 bits per heavy atom. The number of allylic oxidation sites excluding steroid dienone is 1. The molecule has 0 aromatic carbocycles. The van der Waals surface area contributed by atoms with E-state index < -0.39 is 0 Å². The summed E-state index contributed by atoms with van der Waals surface area (Å²) in [6, 6.07) is 0. The predicted octanol–water partition coefficient (Wildman–Crippen LogP) is 3.08. The first kappa shape index (κ1) is 15.0. The van der Waals surface area contributed by atoms with Crippen molar-refractivity contribution in [2.75, 3.05) is 6.54 Å². The van der Waals surface area contributed by atoms with E-state index in [0.717, 1.165) is 31.6 Å². The number of hydrogen-bond acceptors (Lipinski definition) is 2. The molecular formula is C15H27N3. The van der Waals surface area contributed by atoms with Crippen molar-refractivity contribution in [2.24, 2.45) is 7.05 Å². The van der Waals surface area contributed by atoms with E-state index in [1.54, 1.807) is 0 Å². The average Bonchev–Trinajstić information content (AvgIpc) is 2.66. The highest BCUT2D eigenvalue weighted by molar-refractivity contribution is 5.02. The van der Waals surface area contributed by atoms with E-state index in [2.05, 4.69) is 55.7 Å². The topological polar surface area (TPSA) is 29.9 Å². The standard InChI is InChI=1S/C15H27N3/c1-13(7-6-10-17-15(2,3)4)8-9-14-16-11-12-18(14)5/h7,11-12,17H,6,8-10H2,1-5H3/b13-7-. The van der Waals surface area contributed by atoms with Crippen molar-refractivity contribution in [3.8, 4) is 0 Å². The maximum absolute atomic E-state index is 4.34. The van der Waals surface area contributed by atoms with Crippen molar-refractivity contribution in [1.29, 1.82) is 0 Å². The van der Waals surface area contributed by atoms with Gasteiger partial charge in [0.05, 0.1) is 0 Å². The molecule has 1 aromatic rings. The van der Waals surface area contributed by atoms with E-state index in [9.17, 15) is 0 Å². The van der Waals surface area contributed by atoms with Gasteiger partial charge in [0.25, 0.3) is 0 Å². The second kappa shape index (κ2) is 6.74. The van der Waals surface area contributed by atoms with Crippen LogP contribution in [0.3, 0.4) is 0 Å². The number of nitrogens with zero attached hydrogens (tertiary/aromatic N) is 2. The van der Waals surface area contributed by atoms with Gasteiger partial charge >= 0.3 is 0 Å². The predicted molar refractivity (Wildman–Crippen MR) is 77.7 cm³/mol. The minimum Gasteiger partial charge on any atom is -0.338 e. The molecule has 0 aliphatic rings. The maximum atomic E-state index is 4.34. The number of aromatic nitrogens is 2. The van der Waals surface area contributed by atoms with Gasteiger partial charge in [0, 0.05) is 31.4 Å². The van der Waals surface area contributed by atoms with Crippen molar-refractivity contribution in [1.82, 2.24) is 14.9 Å². The molecule has 1 rings (SSSR count). The summed E-state index contributed by atoms with van der Waals surface area (Å²) < 4.78 is 2.09. The minimum absolute atomic E-state index is 0.217. The molecule has 0 amide bonds. The van der Waals surface area contributed by atoms with Gasteiger partial charge in [-0.15, -0.1) is 0 Å². The largest absolute Gasteiger partial charge is 0.338 e. The van der Waals surface area contributed by atoms with E-state index in [1.807, 2.05) is 12.4 Å². The van der Waals surface area contributed by atoms with Crippen molar-refractivity contribution >= 4 is 0 Å². The van der Waals surface area contributed by atoms with Crippen molar-refractivity contribution in [2.45, 2.75) is 52.5 Å². The van der Waals surface area contributed by atoms with Gasteiger partial charge in [-0.05, 0) is 47.1 Å². The fraction of sp³-hybridized carbons (Fsp3) is 0.667. The van der Waals surface area contributed by atoms with Crippen LogP contribution in [0.25, 0.3) is 0 Å². The Kier molecular flexibility index (Phi) is 5.60. The molecule has 1 aromatic heterocycles. The molecule has 3 nitrogen and oxygen atoms in total. The fourth-order valence-electron chi connectivity index (χ4n) is 1.81. The van der Waals surface area contributed by atoms with E-state index >= 15 is 0 Å². The molecule has 0 fully saturated rings. The zero-order valence-electron chi connectivity index (χ0n) is 12.5. The van der Waals surface area contributed by atoms with E-state index in [0.29, 0.717) is 0 Å². The Balaban J connectivity index is 2.24. The fourth-order valence-corrected chi connectivity index (χ4v) is 1.81. The molecule has 0 aliphatic carbocycles. The minimum atomic E-state index is 0.217. The van der Waals surface area contributed by atoms with Gasteiger partial charge in [0.1, 0.15) is 5.82 Å². The molecule has 0 radical (unpaired) electrons. The van der Waals surface area contributed by atoms with Crippen LogP contribution in [0, 0.1) is 0 Å². The summed E-state index contributed by atoms with van der Waals surface area (Å²) in [7, 11) is 2.05. The SMILES string of the molecule is C/C(=C/CCNC(C)(C)C)CCc1nccn1C. The highest BCUT2D eigenvalue weighted by atomic mass is 15.0. The van der Waals surface area contributed by atoms with Crippen LogP contribution in [-0.4, -0.2) is 21.6 Å². The first-order chi connectivity index (χ1) is 8.38. The van der Waals surface area contributed by atoms with E-state index in [-0.39, 0.29) is 5.54 Å². The van der Waals surface area contributed by atoms with Gasteiger partial charge in [-0.2, -0.15) is 0 Å². The van der Waals surface area contributed by atoms with Crippen LogP contribution < -0.4 is 5.32 Å². The second-order valence-electron chi connectivity index (χ2n) is 5.97. The van der Waals surface area contributed by atoms with Crippen LogP contribution in [0.1, 0.15) is 46.4 Å². The summed E-state index contributed by atoms with van der Waals surface area (Å²) in [4.78, 5) is 4.34. The quantitative estimate of drug-likeness (QED) is 0.620. The smallest absolute Gasteiger partial charge is 0.108 e. The zero-order valence-corrected chi connectivity index (χ0v) is 12.5. The summed E-state index contributed by atoms with van der Waals surface area (Å²) in [5, 5.41) is 3.49. The molecule has 0 atom stereocenters. The van der Waals surface area contributed by atoms with Crippen molar-refractivity contribution < 1.29 is 0 Å². The Hall–Kier alpha value is -1.09. The molecule has 1 N–H and O–H groups in total. The first-order valence-corrected chi connectivity index (χ1v) is 6.75. The third-order valence-electron chi connectivity index (χ3n) is 2.96. The van der Waals surface area contributed by atoms with Crippen LogP contribution in [0.15, 0.2) is 24.0 Å². The Labute approximate surface area is 111 Å². The van der Waals surface area contributed by atoms with Crippen LogP contribution in [0.5, 0.6) is 0 Å². The molecular weight excluding hydrogens is 222 g/mol. The van der Waals surface area contributed by atoms with Crippen LogP contribution in [0.4, 0.5) is 0 Å².